The average Bonchev–Trinajstić information content (AvgIpc) is 3.15. The number of nitrogens with zero attached hydrogens (tertiary/aromatic N) is 5. The van der Waals surface area contributed by atoms with Crippen molar-refractivity contribution in [3.05, 3.63) is 36.2 Å². The molecular weight excluding hydrogens is 499 g/mol. The van der Waals surface area contributed by atoms with E-state index in [1.807, 2.05) is 43.3 Å². The summed E-state index contributed by atoms with van der Waals surface area (Å²) < 4.78 is 12.7. The zero-order valence-corrected chi connectivity index (χ0v) is 20.1. The molecule has 0 aliphatic carbocycles. The van der Waals surface area contributed by atoms with Crippen molar-refractivity contribution in [1.82, 2.24) is 20.0 Å². The van der Waals surface area contributed by atoms with E-state index in [0.29, 0.717) is 43.7 Å². The van der Waals surface area contributed by atoms with Crippen LogP contribution in [0, 0.1) is 0 Å². The van der Waals surface area contributed by atoms with Crippen LogP contribution < -0.4 is 19.7 Å². The quantitative estimate of drug-likeness (QED) is 0.350. The van der Waals surface area contributed by atoms with Gasteiger partial charge in [-0.25, -0.2) is 0 Å². The summed E-state index contributed by atoms with van der Waals surface area (Å²) in [5.41, 5.74) is 1.86. The van der Waals surface area contributed by atoms with Gasteiger partial charge in [-0.15, -0.1) is 24.0 Å². The van der Waals surface area contributed by atoms with Gasteiger partial charge in [0.1, 0.15) is 6.54 Å². The van der Waals surface area contributed by atoms with Gasteiger partial charge in [0.15, 0.2) is 17.5 Å². The highest BCUT2D eigenvalue weighted by atomic mass is 127. The molecule has 9 nitrogen and oxygen atoms in total. The Balaban J connectivity index is 0.00000320. The largest absolute Gasteiger partial charge is 0.493 e. The van der Waals surface area contributed by atoms with Crippen molar-refractivity contribution < 1.29 is 14.3 Å². The van der Waals surface area contributed by atoms with Gasteiger partial charge in [0, 0.05) is 39.9 Å². The van der Waals surface area contributed by atoms with Crippen LogP contribution in [0.2, 0.25) is 0 Å². The van der Waals surface area contributed by atoms with Gasteiger partial charge in [-0.3, -0.25) is 14.5 Å². The summed E-state index contributed by atoms with van der Waals surface area (Å²) in [4.78, 5) is 20.7. The number of aryl methyl sites for hydroxylation is 1. The van der Waals surface area contributed by atoms with Crippen LogP contribution in [0.25, 0.3) is 0 Å². The lowest BCUT2D eigenvalue weighted by atomic mass is 10.2. The SMILES string of the molecule is CCOc1cc(CNC(=NC)N2CCN(c3cnn(C)c3)C(=O)C2)ccc1OC.I. The number of nitrogens with one attached hydrogen (secondary N) is 1. The predicted molar refractivity (Wildman–Crippen MR) is 127 cm³/mol. The van der Waals surface area contributed by atoms with Gasteiger partial charge in [0.25, 0.3) is 0 Å². The van der Waals surface area contributed by atoms with E-state index < -0.39 is 0 Å². The molecule has 0 radical (unpaired) electrons. The monoisotopic (exact) mass is 528 g/mol. The van der Waals surface area contributed by atoms with E-state index in [0.717, 1.165) is 11.3 Å². The van der Waals surface area contributed by atoms with Crippen molar-refractivity contribution in [1.29, 1.82) is 0 Å². The number of hydrogen-bond donors (Lipinski definition) is 1. The average molecular weight is 528 g/mol. The zero-order chi connectivity index (χ0) is 20.8. The fraction of sp³-hybridized carbons (Fsp3) is 0.450. The molecule has 0 unspecified atom stereocenters. The lowest BCUT2D eigenvalue weighted by Gasteiger charge is -2.35. The number of amides is 1. The normalized spacial score (nSPS) is 14.4. The molecule has 1 fully saturated rings. The molecule has 164 valence electrons. The van der Waals surface area contributed by atoms with Gasteiger partial charge >= 0.3 is 0 Å². The number of carbonyl (C=O) groups excluding carboxylic acids is 1. The van der Waals surface area contributed by atoms with Crippen LogP contribution in [0.3, 0.4) is 0 Å². The third-order valence-corrected chi connectivity index (χ3v) is 4.71. The molecule has 2 aromatic rings. The van der Waals surface area contributed by atoms with Gasteiger partial charge < -0.3 is 24.6 Å². The second-order valence-corrected chi connectivity index (χ2v) is 6.66. The van der Waals surface area contributed by atoms with Crippen LogP contribution in [-0.4, -0.2) is 66.9 Å². The van der Waals surface area contributed by atoms with E-state index in [4.69, 9.17) is 9.47 Å². The molecular formula is C20H29IN6O3. The number of benzene rings is 1. The van der Waals surface area contributed by atoms with Gasteiger partial charge in [-0.2, -0.15) is 5.10 Å². The van der Waals surface area contributed by atoms with Crippen molar-refractivity contribution in [3.63, 3.8) is 0 Å². The molecule has 1 saturated heterocycles. The van der Waals surface area contributed by atoms with Gasteiger partial charge in [0.2, 0.25) is 5.91 Å². The number of piperazine rings is 1. The summed E-state index contributed by atoms with van der Waals surface area (Å²) in [5, 5.41) is 7.48. The van der Waals surface area contributed by atoms with E-state index in [9.17, 15) is 4.79 Å². The van der Waals surface area contributed by atoms with E-state index in [1.165, 1.54) is 0 Å². The van der Waals surface area contributed by atoms with E-state index >= 15 is 0 Å². The van der Waals surface area contributed by atoms with Crippen molar-refractivity contribution in [3.8, 4) is 11.5 Å². The van der Waals surface area contributed by atoms with Crippen molar-refractivity contribution in [2.75, 3.05) is 45.3 Å². The summed E-state index contributed by atoms with van der Waals surface area (Å²) in [6.45, 7) is 4.61. The summed E-state index contributed by atoms with van der Waals surface area (Å²) in [7, 11) is 5.19. The molecule has 0 saturated carbocycles. The molecule has 1 aliphatic rings. The van der Waals surface area contributed by atoms with Crippen molar-refractivity contribution >= 4 is 41.5 Å². The fourth-order valence-corrected chi connectivity index (χ4v) is 3.29. The maximum atomic E-state index is 12.6. The highest BCUT2D eigenvalue weighted by Crippen LogP contribution is 2.28. The third-order valence-electron chi connectivity index (χ3n) is 4.71. The maximum absolute atomic E-state index is 12.6. The Hall–Kier alpha value is -2.50. The molecule has 1 amide bonds. The molecule has 1 aromatic heterocycles. The van der Waals surface area contributed by atoms with Crippen LogP contribution in [0.4, 0.5) is 5.69 Å². The number of anilines is 1. The van der Waals surface area contributed by atoms with Crippen molar-refractivity contribution in [2.45, 2.75) is 13.5 Å². The molecule has 0 spiro atoms. The van der Waals surface area contributed by atoms with Crippen molar-refractivity contribution in [2.24, 2.45) is 12.0 Å². The maximum Gasteiger partial charge on any atom is 0.246 e. The second kappa shape index (κ2) is 11.0. The van der Waals surface area contributed by atoms with E-state index in [-0.39, 0.29) is 36.4 Å². The lowest BCUT2D eigenvalue weighted by molar-refractivity contribution is -0.120. The number of halogens is 1. The first-order valence-electron chi connectivity index (χ1n) is 9.60. The molecule has 1 aliphatic heterocycles. The Bertz CT molecular complexity index is 885. The number of methoxy groups -OCH3 is 1. The van der Waals surface area contributed by atoms with Crippen LogP contribution >= 0.6 is 24.0 Å². The smallest absolute Gasteiger partial charge is 0.246 e. The molecule has 30 heavy (non-hydrogen) atoms. The first-order chi connectivity index (χ1) is 14.0. The first kappa shape index (κ1) is 23.8. The number of aromatic nitrogens is 2. The number of carbonyl (C=O) groups is 1. The molecule has 1 N–H and O–H groups in total. The van der Waals surface area contributed by atoms with Crippen LogP contribution in [-0.2, 0) is 18.4 Å². The van der Waals surface area contributed by atoms with E-state index in [1.54, 1.807) is 29.9 Å². The molecule has 3 rings (SSSR count). The summed E-state index contributed by atoms with van der Waals surface area (Å²) in [5.74, 6) is 2.13. The number of ether oxygens (including phenoxy) is 2. The Labute approximate surface area is 194 Å². The molecule has 0 atom stereocenters. The Morgan fingerprint density at radius 3 is 2.70 bits per heavy atom. The minimum Gasteiger partial charge on any atom is -0.493 e. The van der Waals surface area contributed by atoms with Gasteiger partial charge in [-0.1, -0.05) is 6.07 Å². The number of hydrogen-bond acceptors (Lipinski definition) is 5. The zero-order valence-electron chi connectivity index (χ0n) is 17.8. The molecule has 1 aromatic carbocycles. The summed E-state index contributed by atoms with van der Waals surface area (Å²) >= 11 is 0. The minimum atomic E-state index is 0. The van der Waals surface area contributed by atoms with Gasteiger partial charge in [0.05, 0.1) is 25.6 Å². The topological polar surface area (TPSA) is 84.2 Å². The first-order valence-corrected chi connectivity index (χ1v) is 9.60. The molecule has 0 bridgehead atoms. The van der Waals surface area contributed by atoms with E-state index in [2.05, 4.69) is 15.4 Å². The summed E-state index contributed by atoms with van der Waals surface area (Å²) in [6, 6.07) is 5.82. The predicted octanol–water partition coefficient (Wildman–Crippen LogP) is 1.87. The minimum absolute atomic E-state index is 0. The number of aliphatic imine (C=N–C) groups is 1. The highest BCUT2D eigenvalue weighted by Gasteiger charge is 2.27. The third kappa shape index (κ3) is 5.55. The van der Waals surface area contributed by atoms with Crippen LogP contribution in [0.5, 0.6) is 11.5 Å². The second-order valence-electron chi connectivity index (χ2n) is 6.66. The van der Waals surface area contributed by atoms with Gasteiger partial charge in [-0.05, 0) is 24.6 Å². The highest BCUT2D eigenvalue weighted by molar-refractivity contribution is 14.0. The Morgan fingerprint density at radius 1 is 1.30 bits per heavy atom. The van der Waals surface area contributed by atoms with Crippen LogP contribution in [0.15, 0.2) is 35.6 Å². The Morgan fingerprint density at radius 2 is 2.10 bits per heavy atom. The summed E-state index contributed by atoms with van der Waals surface area (Å²) in [6.07, 6.45) is 3.56. The fourth-order valence-electron chi connectivity index (χ4n) is 3.29. The lowest BCUT2D eigenvalue weighted by Crippen LogP contribution is -2.55. The number of rotatable bonds is 6. The molecule has 10 heteroatoms. The van der Waals surface area contributed by atoms with Crippen LogP contribution in [0.1, 0.15) is 12.5 Å². The standard InChI is InChI=1S/C20H28N6O3.HI/c1-5-29-18-10-15(6-7-17(18)28-4)11-22-20(21-2)25-8-9-26(19(27)14-25)16-12-23-24(3)13-16;/h6-7,10,12-13H,5,8-9,11,14H2,1-4H3,(H,21,22);1H. The molecule has 2 heterocycles. The Kier molecular flexibility index (Phi) is 8.75. The number of guanidine groups is 1.